The molecule has 2 aliphatic rings. The van der Waals surface area contributed by atoms with Gasteiger partial charge in [-0.3, -0.25) is 9.58 Å². The van der Waals surface area contributed by atoms with Crippen LogP contribution in [0.1, 0.15) is 43.7 Å². The monoisotopic (exact) mass is 279 g/mol. The molecule has 0 aromatic carbocycles. The zero-order valence-electron chi connectivity index (χ0n) is 12.3. The second-order valence-electron chi connectivity index (χ2n) is 5.95. The van der Waals surface area contributed by atoms with Gasteiger partial charge in [-0.2, -0.15) is 5.10 Å². The van der Waals surface area contributed by atoms with Crippen molar-refractivity contribution in [3.05, 3.63) is 17.5 Å². The molecule has 1 saturated carbocycles. The van der Waals surface area contributed by atoms with Crippen molar-refractivity contribution >= 4 is 0 Å². The Kier molecular flexibility index (Phi) is 4.38. The highest BCUT2D eigenvalue weighted by Gasteiger charge is 2.33. The summed E-state index contributed by atoms with van der Waals surface area (Å²) in [5.74, 6) is 0.450. The molecule has 1 N–H and O–H groups in total. The number of aliphatic hydroxyl groups excluding tert-OH is 1. The summed E-state index contributed by atoms with van der Waals surface area (Å²) >= 11 is 0. The molecule has 0 bridgehead atoms. The number of ether oxygens (including phenoxy) is 1. The van der Waals surface area contributed by atoms with Crippen LogP contribution in [-0.4, -0.2) is 46.1 Å². The van der Waals surface area contributed by atoms with Crippen LogP contribution in [0.25, 0.3) is 0 Å². The third-order valence-corrected chi connectivity index (χ3v) is 4.17. The predicted molar refractivity (Wildman–Crippen MR) is 76.3 cm³/mol. The Labute approximate surface area is 120 Å². The van der Waals surface area contributed by atoms with Gasteiger partial charge in [-0.15, -0.1) is 0 Å². The summed E-state index contributed by atoms with van der Waals surface area (Å²) in [5.41, 5.74) is 2.09. The van der Waals surface area contributed by atoms with E-state index in [0.29, 0.717) is 5.92 Å². The van der Waals surface area contributed by atoms with E-state index < -0.39 is 0 Å². The molecular weight excluding hydrogens is 254 g/mol. The highest BCUT2D eigenvalue weighted by atomic mass is 16.5. The van der Waals surface area contributed by atoms with Gasteiger partial charge in [0.15, 0.2) is 0 Å². The van der Waals surface area contributed by atoms with Crippen LogP contribution < -0.4 is 0 Å². The van der Waals surface area contributed by atoms with Crippen molar-refractivity contribution in [1.29, 1.82) is 0 Å². The standard InChI is InChI=1S/C15H25N3O2/c1-2-8-20-9-7-17-5-6-18-13(11-17)10-14(16-18)15(19)12-3-4-12/h10,12,15,19H,2-9,11H2,1H3/t15-/m1/s1. The van der Waals surface area contributed by atoms with E-state index >= 15 is 0 Å². The Hall–Kier alpha value is -0.910. The first-order valence-corrected chi connectivity index (χ1v) is 7.82. The van der Waals surface area contributed by atoms with Crippen molar-refractivity contribution in [2.45, 2.75) is 45.4 Å². The SMILES string of the molecule is CCCOCCN1CCn2nc([C@H](O)C3CC3)cc2C1. The lowest BCUT2D eigenvalue weighted by Crippen LogP contribution is -2.36. The van der Waals surface area contributed by atoms with Crippen LogP contribution >= 0.6 is 0 Å². The van der Waals surface area contributed by atoms with Crippen LogP contribution in [0.15, 0.2) is 6.07 Å². The van der Waals surface area contributed by atoms with Crippen LogP contribution in [0.5, 0.6) is 0 Å². The lowest BCUT2D eigenvalue weighted by atomic mass is 10.1. The molecule has 0 spiro atoms. The highest BCUT2D eigenvalue weighted by Crippen LogP contribution is 2.40. The summed E-state index contributed by atoms with van der Waals surface area (Å²) in [6.07, 6.45) is 3.01. The molecule has 1 aromatic heterocycles. The molecule has 0 unspecified atom stereocenters. The van der Waals surface area contributed by atoms with Crippen LogP contribution in [0, 0.1) is 5.92 Å². The molecule has 0 saturated heterocycles. The van der Waals surface area contributed by atoms with Gasteiger partial charge in [0, 0.05) is 26.2 Å². The highest BCUT2D eigenvalue weighted by molar-refractivity contribution is 5.16. The number of fused-ring (bicyclic) bond motifs is 1. The molecule has 0 amide bonds. The van der Waals surface area contributed by atoms with E-state index in [1.807, 2.05) is 0 Å². The molecule has 5 nitrogen and oxygen atoms in total. The minimum atomic E-state index is -0.352. The molecule has 5 heteroatoms. The maximum Gasteiger partial charge on any atom is 0.101 e. The fraction of sp³-hybridized carbons (Fsp3) is 0.800. The zero-order valence-corrected chi connectivity index (χ0v) is 12.3. The van der Waals surface area contributed by atoms with E-state index in [0.717, 1.165) is 64.3 Å². The third kappa shape index (κ3) is 3.22. The van der Waals surface area contributed by atoms with Crippen molar-refractivity contribution < 1.29 is 9.84 Å². The Morgan fingerprint density at radius 2 is 2.25 bits per heavy atom. The van der Waals surface area contributed by atoms with E-state index in [-0.39, 0.29) is 6.10 Å². The summed E-state index contributed by atoms with van der Waals surface area (Å²) in [5, 5.41) is 14.7. The van der Waals surface area contributed by atoms with Gasteiger partial charge in [-0.1, -0.05) is 6.92 Å². The van der Waals surface area contributed by atoms with Crippen molar-refractivity contribution in [2.24, 2.45) is 5.92 Å². The van der Waals surface area contributed by atoms with Gasteiger partial charge in [-0.25, -0.2) is 0 Å². The quantitative estimate of drug-likeness (QED) is 0.770. The van der Waals surface area contributed by atoms with Crippen molar-refractivity contribution in [2.75, 3.05) is 26.3 Å². The Morgan fingerprint density at radius 3 is 3.00 bits per heavy atom. The molecule has 0 radical (unpaired) electrons. The molecule has 3 rings (SSSR count). The molecule has 1 atom stereocenters. The molecule has 112 valence electrons. The van der Waals surface area contributed by atoms with Crippen LogP contribution in [0.3, 0.4) is 0 Å². The van der Waals surface area contributed by atoms with E-state index in [4.69, 9.17) is 4.74 Å². The summed E-state index contributed by atoms with van der Waals surface area (Å²) < 4.78 is 7.61. The molecule has 1 fully saturated rings. The normalized spacial score (nSPS) is 20.9. The van der Waals surface area contributed by atoms with Gasteiger partial charge in [0.25, 0.3) is 0 Å². The van der Waals surface area contributed by atoms with Gasteiger partial charge in [0.2, 0.25) is 0 Å². The smallest absolute Gasteiger partial charge is 0.101 e. The Balaban J connectivity index is 1.54. The molecule has 1 aromatic rings. The van der Waals surface area contributed by atoms with Crippen LogP contribution in [0.2, 0.25) is 0 Å². The number of aromatic nitrogens is 2. The molecular formula is C15H25N3O2. The van der Waals surface area contributed by atoms with E-state index in [1.54, 1.807) is 0 Å². The summed E-state index contributed by atoms with van der Waals surface area (Å²) in [6, 6.07) is 2.09. The number of hydrogen-bond donors (Lipinski definition) is 1. The van der Waals surface area contributed by atoms with E-state index in [9.17, 15) is 5.11 Å². The van der Waals surface area contributed by atoms with E-state index in [2.05, 4.69) is 27.7 Å². The first-order valence-electron chi connectivity index (χ1n) is 7.82. The summed E-state index contributed by atoms with van der Waals surface area (Å²) in [4.78, 5) is 2.40. The topological polar surface area (TPSA) is 50.5 Å². The fourth-order valence-electron chi connectivity index (χ4n) is 2.77. The minimum absolute atomic E-state index is 0.352. The minimum Gasteiger partial charge on any atom is -0.386 e. The summed E-state index contributed by atoms with van der Waals surface area (Å²) in [6.45, 7) is 7.62. The van der Waals surface area contributed by atoms with Crippen molar-refractivity contribution in [3.8, 4) is 0 Å². The van der Waals surface area contributed by atoms with Gasteiger partial charge >= 0.3 is 0 Å². The summed E-state index contributed by atoms with van der Waals surface area (Å²) in [7, 11) is 0. The fourth-order valence-corrected chi connectivity index (χ4v) is 2.77. The average Bonchev–Trinajstić information content (AvgIpc) is 3.22. The van der Waals surface area contributed by atoms with Gasteiger partial charge in [0.05, 0.1) is 24.5 Å². The van der Waals surface area contributed by atoms with Gasteiger partial charge in [-0.05, 0) is 31.2 Å². The predicted octanol–water partition coefficient (Wildman–Crippen LogP) is 1.57. The lowest BCUT2D eigenvalue weighted by Gasteiger charge is -2.27. The van der Waals surface area contributed by atoms with Gasteiger partial charge in [0.1, 0.15) is 6.10 Å². The van der Waals surface area contributed by atoms with Crippen molar-refractivity contribution in [1.82, 2.24) is 14.7 Å². The number of rotatable bonds is 7. The lowest BCUT2D eigenvalue weighted by molar-refractivity contribution is 0.0929. The molecule has 1 aliphatic carbocycles. The number of aliphatic hydroxyl groups is 1. The first-order chi connectivity index (χ1) is 9.78. The Bertz CT molecular complexity index is 442. The molecule has 20 heavy (non-hydrogen) atoms. The maximum absolute atomic E-state index is 10.2. The van der Waals surface area contributed by atoms with Crippen LogP contribution in [-0.2, 0) is 17.8 Å². The second kappa shape index (κ2) is 6.24. The third-order valence-electron chi connectivity index (χ3n) is 4.17. The first kappa shape index (κ1) is 14.0. The number of nitrogens with zero attached hydrogens (tertiary/aromatic N) is 3. The molecule has 2 heterocycles. The Morgan fingerprint density at radius 1 is 1.40 bits per heavy atom. The largest absolute Gasteiger partial charge is 0.386 e. The maximum atomic E-state index is 10.2. The molecule has 1 aliphatic heterocycles. The van der Waals surface area contributed by atoms with Gasteiger partial charge < -0.3 is 9.84 Å². The average molecular weight is 279 g/mol. The van der Waals surface area contributed by atoms with Crippen molar-refractivity contribution in [3.63, 3.8) is 0 Å². The van der Waals surface area contributed by atoms with Crippen LogP contribution in [0.4, 0.5) is 0 Å². The van der Waals surface area contributed by atoms with E-state index in [1.165, 1.54) is 5.69 Å². The zero-order chi connectivity index (χ0) is 13.9. The number of hydrogen-bond acceptors (Lipinski definition) is 4. The second-order valence-corrected chi connectivity index (χ2v) is 5.95.